The Morgan fingerprint density at radius 2 is 2.00 bits per heavy atom. The zero-order valence-electron chi connectivity index (χ0n) is 17.9. The number of hydrogen-bond donors (Lipinski definition) is 3. The molecule has 0 saturated carbocycles. The highest BCUT2D eigenvalue weighted by Gasteiger charge is 2.26. The lowest BCUT2D eigenvalue weighted by Crippen LogP contribution is -2.32. The second-order valence-electron chi connectivity index (χ2n) is 8.00. The fourth-order valence-corrected chi connectivity index (χ4v) is 3.82. The summed E-state index contributed by atoms with van der Waals surface area (Å²) in [5, 5.41) is 8.17. The van der Waals surface area contributed by atoms with Gasteiger partial charge in [0.2, 0.25) is 0 Å². The van der Waals surface area contributed by atoms with Crippen molar-refractivity contribution in [1.82, 2.24) is 25.4 Å². The van der Waals surface area contributed by atoms with Crippen molar-refractivity contribution >= 4 is 16.8 Å². The molecule has 4 rings (SSSR count). The number of carbonyl (C=O) groups is 1. The van der Waals surface area contributed by atoms with Gasteiger partial charge in [0.15, 0.2) is 0 Å². The summed E-state index contributed by atoms with van der Waals surface area (Å²) >= 11 is 0. The van der Waals surface area contributed by atoms with Crippen LogP contribution in [0.5, 0.6) is 0 Å². The topological polar surface area (TPSA) is 117 Å². The van der Waals surface area contributed by atoms with Crippen molar-refractivity contribution in [2.24, 2.45) is 0 Å². The van der Waals surface area contributed by atoms with E-state index in [9.17, 15) is 9.59 Å². The number of aromatic amines is 2. The molecule has 1 unspecified atom stereocenters. The van der Waals surface area contributed by atoms with Gasteiger partial charge < -0.3 is 19.8 Å². The van der Waals surface area contributed by atoms with E-state index in [-0.39, 0.29) is 17.4 Å². The monoisotopic (exact) mass is 419 g/mol. The summed E-state index contributed by atoms with van der Waals surface area (Å²) in [6.07, 6.45) is 2.39. The molecule has 31 heavy (non-hydrogen) atoms. The predicted octanol–water partition coefficient (Wildman–Crippen LogP) is 3.69. The van der Waals surface area contributed by atoms with Crippen LogP contribution in [-0.2, 0) is 6.42 Å². The second-order valence-corrected chi connectivity index (χ2v) is 8.00. The smallest absolute Gasteiger partial charge is 0.257 e. The standard InChI is InChI=1S/C23H25N5O3/c1-12(2)22-21(13(3)31-28-22)23(30)27-18(19-10-20(29)26-14(4)25-19)9-15-11-24-17-8-6-5-7-16(15)17/h5-8,10-12,18,24H,9H2,1-4H3,(H,27,30)(H,25,26,29). The highest BCUT2D eigenvalue weighted by atomic mass is 16.5. The second kappa shape index (κ2) is 8.22. The molecule has 4 aromatic rings. The number of benzene rings is 1. The fraction of sp³-hybridized carbons (Fsp3) is 0.304. The van der Waals surface area contributed by atoms with Gasteiger partial charge in [-0.25, -0.2) is 4.98 Å². The van der Waals surface area contributed by atoms with Gasteiger partial charge in [-0.3, -0.25) is 9.59 Å². The molecule has 0 fully saturated rings. The van der Waals surface area contributed by atoms with Gasteiger partial charge >= 0.3 is 0 Å². The van der Waals surface area contributed by atoms with E-state index in [1.54, 1.807) is 13.8 Å². The number of fused-ring (bicyclic) bond motifs is 1. The minimum Gasteiger partial charge on any atom is -0.361 e. The maximum Gasteiger partial charge on any atom is 0.257 e. The van der Waals surface area contributed by atoms with Crippen LogP contribution in [0.25, 0.3) is 10.9 Å². The van der Waals surface area contributed by atoms with E-state index in [2.05, 4.69) is 25.4 Å². The van der Waals surface area contributed by atoms with Crippen LogP contribution in [0.1, 0.15) is 64.7 Å². The fourth-order valence-electron chi connectivity index (χ4n) is 3.82. The lowest BCUT2D eigenvalue weighted by molar-refractivity contribution is 0.0933. The van der Waals surface area contributed by atoms with Crippen LogP contribution in [0.15, 0.2) is 45.8 Å². The lowest BCUT2D eigenvalue weighted by atomic mass is 10.00. The molecule has 3 aromatic heterocycles. The number of nitrogens with zero attached hydrogens (tertiary/aromatic N) is 2. The number of para-hydroxylation sites is 1. The van der Waals surface area contributed by atoms with E-state index in [1.807, 2.05) is 44.3 Å². The molecular weight excluding hydrogens is 394 g/mol. The molecule has 3 N–H and O–H groups in total. The van der Waals surface area contributed by atoms with Gasteiger partial charge in [0.1, 0.15) is 17.1 Å². The Morgan fingerprint density at radius 3 is 2.74 bits per heavy atom. The predicted molar refractivity (Wildman–Crippen MR) is 117 cm³/mol. The summed E-state index contributed by atoms with van der Waals surface area (Å²) in [7, 11) is 0. The van der Waals surface area contributed by atoms with E-state index in [0.29, 0.717) is 35.0 Å². The first-order chi connectivity index (χ1) is 14.8. The average Bonchev–Trinajstić information content (AvgIpc) is 3.30. The summed E-state index contributed by atoms with van der Waals surface area (Å²) in [4.78, 5) is 35.8. The van der Waals surface area contributed by atoms with Crippen molar-refractivity contribution < 1.29 is 9.32 Å². The van der Waals surface area contributed by atoms with Gasteiger partial charge in [-0.1, -0.05) is 37.2 Å². The number of aryl methyl sites for hydroxylation is 2. The van der Waals surface area contributed by atoms with Gasteiger partial charge in [-0.05, 0) is 31.4 Å². The van der Waals surface area contributed by atoms with E-state index >= 15 is 0 Å². The molecule has 0 spiro atoms. The largest absolute Gasteiger partial charge is 0.361 e. The minimum absolute atomic E-state index is 0.0326. The van der Waals surface area contributed by atoms with Crippen molar-refractivity contribution in [3.8, 4) is 0 Å². The first kappa shape index (κ1) is 20.6. The summed E-state index contributed by atoms with van der Waals surface area (Å²) in [6, 6.07) is 8.87. The van der Waals surface area contributed by atoms with Gasteiger partial charge in [0.25, 0.3) is 11.5 Å². The summed E-state index contributed by atoms with van der Waals surface area (Å²) in [5.74, 6) is 0.684. The van der Waals surface area contributed by atoms with Gasteiger partial charge in [0, 0.05) is 29.6 Å². The average molecular weight is 419 g/mol. The Balaban J connectivity index is 1.73. The molecule has 1 amide bonds. The number of hydrogen-bond acceptors (Lipinski definition) is 5. The van der Waals surface area contributed by atoms with Crippen molar-refractivity contribution in [2.45, 2.75) is 46.1 Å². The van der Waals surface area contributed by atoms with Crippen LogP contribution in [0.4, 0.5) is 0 Å². The zero-order chi connectivity index (χ0) is 22.1. The van der Waals surface area contributed by atoms with E-state index in [4.69, 9.17) is 4.52 Å². The number of aromatic nitrogens is 4. The first-order valence-electron chi connectivity index (χ1n) is 10.2. The van der Waals surface area contributed by atoms with Gasteiger partial charge in [-0.15, -0.1) is 0 Å². The Hall–Kier alpha value is -3.68. The molecule has 0 aliphatic heterocycles. The molecule has 160 valence electrons. The number of carbonyl (C=O) groups excluding carboxylic acids is 1. The van der Waals surface area contributed by atoms with Gasteiger partial charge in [0.05, 0.1) is 17.4 Å². The summed E-state index contributed by atoms with van der Waals surface area (Å²) in [5.41, 5.74) is 3.31. The third kappa shape index (κ3) is 4.14. The van der Waals surface area contributed by atoms with Crippen molar-refractivity contribution in [3.05, 3.63) is 81.0 Å². The molecule has 0 bridgehead atoms. The Kier molecular flexibility index (Phi) is 5.46. The van der Waals surface area contributed by atoms with Crippen LogP contribution >= 0.6 is 0 Å². The van der Waals surface area contributed by atoms with Crippen LogP contribution < -0.4 is 10.9 Å². The highest BCUT2D eigenvalue weighted by Crippen LogP contribution is 2.26. The quantitative estimate of drug-likeness (QED) is 0.441. The van der Waals surface area contributed by atoms with Gasteiger partial charge in [-0.2, -0.15) is 0 Å². The van der Waals surface area contributed by atoms with Crippen LogP contribution in [0.2, 0.25) is 0 Å². The number of amides is 1. The van der Waals surface area contributed by atoms with Crippen LogP contribution in [0, 0.1) is 13.8 Å². The number of rotatable bonds is 6. The molecule has 8 heteroatoms. The zero-order valence-corrected chi connectivity index (χ0v) is 17.9. The Morgan fingerprint density at radius 1 is 1.23 bits per heavy atom. The molecule has 1 aromatic carbocycles. The van der Waals surface area contributed by atoms with E-state index in [1.165, 1.54) is 6.07 Å². The molecule has 0 aliphatic rings. The first-order valence-corrected chi connectivity index (χ1v) is 10.2. The molecule has 1 atom stereocenters. The summed E-state index contributed by atoms with van der Waals surface area (Å²) in [6.45, 7) is 7.35. The van der Waals surface area contributed by atoms with E-state index < -0.39 is 6.04 Å². The maximum absolute atomic E-state index is 13.3. The molecule has 0 radical (unpaired) electrons. The van der Waals surface area contributed by atoms with Crippen molar-refractivity contribution in [3.63, 3.8) is 0 Å². The lowest BCUT2D eigenvalue weighted by Gasteiger charge is -2.19. The summed E-state index contributed by atoms with van der Waals surface area (Å²) < 4.78 is 5.28. The minimum atomic E-state index is -0.512. The van der Waals surface area contributed by atoms with Crippen LogP contribution in [-0.4, -0.2) is 26.0 Å². The molecule has 8 nitrogen and oxygen atoms in total. The third-order valence-electron chi connectivity index (χ3n) is 5.30. The van der Waals surface area contributed by atoms with Crippen molar-refractivity contribution in [1.29, 1.82) is 0 Å². The SMILES string of the molecule is Cc1nc(C(Cc2c[nH]c3ccccc23)NC(=O)c2c(C(C)C)noc2C)cc(=O)[nH]1. The number of H-pyrrole nitrogens is 2. The maximum atomic E-state index is 13.3. The number of nitrogens with one attached hydrogen (secondary N) is 3. The molecule has 3 heterocycles. The highest BCUT2D eigenvalue weighted by molar-refractivity contribution is 5.96. The van der Waals surface area contributed by atoms with Crippen LogP contribution in [0.3, 0.4) is 0 Å². The third-order valence-corrected chi connectivity index (χ3v) is 5.30. The molecule has 0 saturated heterocycles. The van der Waals surface area contributed by atoms with Crippen molar-refractivity contribution in [2.75, 3.05) is 0 Å². The Bertz CT molecular complexity index is 1300. The molecular formula is C23H25N5O3. The normalized spacial score (nSPS) is 12.4. The Labute approximate surface area is 179 Å². The molecule has 0 aliphatic carbocycles. The van der Waals surface area contributed by atoms with E-state index in [0.717, 1.165) is 16.5 Å².